The van der Waals surface area contributed by atoms with Gasteiger partial charge in [-0.3, -0.25) is 4.79 Å². The molecule has 1 aliphatic rings. The molecule has 20 heavy (non-hydrogen) atoms. The van der Waals surface area contributed by atoms with Gasteiger partial charge in [0.15, 0.2) is 0 Å². The minimum Gasteiger partial charge on any atom is -0.480 e. The topological polar surface area (TPSA) is 133 Å². The van der Waals surface area contributed by atoms with Crippen molar-refractivity contribution in [2.45, 2.75) is 12.5 Å². The Balaban J connectivity index is 2.45. The summed E-state index contributed by atoms with van der Waals surface area (Å²) >= 11 is 0. The van der Waals surface area contributed by atoms with Crippen LogP contribution < -0.4 is 5.32 Å². The maximum absolute atomic E-state index is 11.9. The molecule has 0 aromatic heterocycles. The second kappa shape index (κ2) is 7.53. The van der Waals surface area contributed by atoms with Gasteiger partial charge in [-0.05, 0) is 0 Å². The highest BCUT2D eigenvalue weighted by atomic mass is 32.2. The van der Waals surface area contributed by atoms with E-state index in [0.717, 1.165) is 0 Å². The van der Waals surface area contributed by atoms with Crippen molar-refractivity contribution in [3.63, 3.8) is 0 Å². The summed E-state index contributed by atoms with van der Waals surface area (Å²) in [7, 11) is -3.56. The summed E-state index contributed by atoms with van der Waals surface area (Å²) in [5.41, 5.74) is 0. The van der Waals surface area contributed by atoms with E-state index in [4.69, 9.17) is 14.9 Å². The molecule has 10 heteroatoms. The Bertz CT molecular complexity index is 445. The first-order valence-corrected chi connectivity index (χ1v) is 7.66. The predicted molar refractivity (Wildman–Crippen MR) is 67.4 cm³/mol. The van der Waals surface area contributed by atoms with Gasteiger partial charge in [-0.1, -0.05) is 0 Å². The number of rotatable bonds is 7. The number of nitrogens with zero attached hydrogens (tertiary/aromatic N) is 1. The normalized spacial score (nSPS) is 18.4. The van der Waals surface area contributed by atoms with Gasteiger partial charge in [0.25, 0.3) is 0 Å². The summed E-state index contributed by atoms with van der Waals surface area (Å²) in [6, 6.07) is -1.42. The molecule has 9 nitrogen and oxygen atoms in total. The molecule has 116 valence electrons. The summed E-state index contributed by atoms with van der Waals surface area (Å²) in [5, 5.41) is 19.4. The van der Waals surface area contributed by atoms with E-state index in [1.54, 1.807) is 0 Å². The molecule has 1 heterocycles. The molecular weight excluding hydrogens is 292 g/mol. The molecule has 1 amide bonds. The summed E-state index contributed by atoms with van der Waals surface area (Å²) < 4.78 is 30.1. The van der Waals surface area contributed by atoms with E-state index in [0.29, 0.717) is 13.2 Å². The summed E-state index contributed by atoms with van der Waals surface area (Å²) in [4.78, 5) is 22.1. The first kappa shape index (κ1) is 16.8. The third-order valence-corrected chi connectivity index (χ3v) is 4.64. The Morgan fingerprint density at radius 1 is 1.30 bits per heavy atom. The van der Waals surface area contributed by atoms with E-state index in [-0.39, 0.29) is 19.5 Å². The number of aliphatic carboxylic acids is 1. The van der Waals surface area contributed by atoms with Gasteiger partial charge in [0.05, 0.1) is 25.6 Å². The zero-order chi connectivity index (χ0) is 15.2. The molecule has 0 bridgehead atoms. The molecule has 0 radical (unpaired) electrons. The van der Waals surface area contributed by atoms with E-state index in [9.17, 15) is 18.0 Å². The van der Waals surface area contributed by atoms with Gasteiger partial charge >= 0.3 is 5.97 Å². The lowest BCUT2D eigenvalue weighted by molar-refractivity contribution is -0.142. The molecule has 1 rings (SSSR count). The maximum atomic E-state index is 11.9. The van der Waals surface area contributed by atoms with Crippen LogP contribution in [0.4, 0.5) is 0 Å². The minimum atomic E-state index is -3.56. The van der Waals surface area contributed by atoms with Crippen LogP contribution in [0.5, 0.6) is 0 Å². The third kappa shape index (κ3) is 5.04. The number of aliphatic hydroxyl groups is 1. The van der Waals surface area contributed by atoms with Crippen molar-refractivity contribution in [3.05, 3.63) is 0 Å². The first-order valence-electron chi connectivity index (χ1n) is 6.05. The fraction of sp³-hybridized carbons (Fsp3) is 0.800. The Morgan fingerprint density at radius 3 is 2.40 bits per heavy atom. The van der Waals surface area contributed by atoms with Crippen LogP contribution >= 0.6 is 0 Å². The van der Waals surface area contributed by atoms with Crippen molar-refractivity contribution in [2.24, 2.45) is 0 Å². The average Bonchev–Trinajstić information content (AvgIpc) is 2.43. The third-order valence-electron chi connectivity index (χ3n) is 2.77. The lowest BCUT2D eigenvalue weighted by atomic mass is 10.3. The van der Waals surface area contributed by atoms with Crippen LogP contribution in [-0.2, 0) is 24.3 Å². The maximum Gasteiger partial charge on any atom is 0.328 e. The minimum absolute atomic E-state index is 0.248. The number of nitrogens with one attached hydrogen (secondary N) is 1. The van der Waals surface area contributed by atoms with Gasteiger partial charge in [-0.15, -0.1) is 0 Å². The van der Waals surface area contributed by atoms with Crippen molar-refractivity contribution in [3.8, 4) is 0 Å². The lowest BCUT2D eigenvalue weighted by Crippen LogP contribution is -2.45. The molecule has 0 spiro atoms. The van der Waals surface area contributed by atoms with E-state index in [2.05, 4.69) is 0 Å². The largest absolute Gasteiger partial charge is 0.480 e. The summed E-state index contributed by atoms with van der Waals surface area (Å²) in [5.74, 6) is -2.52. The number of sulfonamides is 1. The second-order valence-corrected chi connectivity index (χ2v) is 6.31. The van der Waals surface area contributed by atoms with Crippen LogP contribution in [0.1, 0.15) is 6.42 Å². The molecule has 0 aromatic carbocycles. The standard InChI is InChI=1S/C10H18N2O7S/c13-7-8(10(15)16)11-9(14)1-6-20(17,18)12-2-4-19-5-3-12/h8,13H,1-7H2,(H,11,14)(H,15,16)/t8-/m0/s1. The van der Waals surface area contributed by atoms with Crippen LogP contribution in [0.25, 0.3) is 0 Å². The van der Waals surface area contributed by atoms with E-state index < -0.39 is 40.3 Å². The highest BCUT2D eigenvalue weighted by Gasteiger charge is 2.26. The molecule has 1 saturated heterocycles. The monoisotopic (exact) mass is 310 g/mol. The van der Waals surface area contributed by atoms with Crippen molar-refractivity contribution < 1.29 is 33.0 Å². The molecule has 3 N–H and O–H groups in total. The molecule has 1 atom stereocenters. The first-order chi connectivity index (χ1) is 9.36. The zero-order valence-corrected chi connectivity index (χ0v) is 11.6. The number of hydrogen-bond acceptors (Lipinski definition) is 6. The predicted octanol–water partition coefficient (Wildman–Crippen LogP) is -2.40. The molecule has 0 unspecified atom stereocenters. The van der Waals surface area contributed by atoms with E-state index in [1.807, 2.05) is 5.32 Å². The zero-order valence-electron chi connectivity index (χ0n) is 10.8. The number of ether oxygens (including phenoxy) is 1. The fourth-order valence-corrected chi connectivity index (χ4v) is 3.03. The number of aliphatic hydroxyl groups excluding tert-OH is 1. The van der Waals surface area contributed by atoms with Gasteiger partial charge in [0, 0.05) is 19.5 Å². The molecule has 0 aromatic rings. The van der Waals surface area contributed by atoms with Crippen LogP contribution in [-0.4, -0.2) is 79.5 Å². The van der Waals surface area contributed by atoms with E-state index >= 15 is 0 Å². The van der Waals surface area contributed by atoms with Gasteiger partial charge in [-0.25, -0.2) is 13.2 Å². The highest BCUT2D eigenvalue weighted by molar-refractivity contribution is 7.89. The molecule has 0 aliphatic carbocycles. The molecular formula is C10H18N2O7S. The smallest absolute Gasteiger partial charge is 0.328 e. The van der Waals surface area contributed by atoms with Crippen molar-refractivity contribution in [1.82, 2.24) is 9.62 Å². The van der Waals surface area contributed by atoms with Crippen molar-refractivity contribution in [2.75, 3.05) is 38.7 Å². The van der Waals surface area contributed by atoms with Gasteiger partial charge < -0.3 is 20.3 Å². The number of carboxylic acid groups (broad SMARTS) is 1. The Hall–Kier alpha value is -1.23. The Kier molecular flexibility index (Phi) is 6.33. The quantitative estimate of drug-likeness (QED) is 0.477. The molecule has 0 saturated carbocycles. The SMILES string of the molecule is O=C(CCS(=O)(=O)N1CCOCC1)N[C@@H](CO)C(=O)O. The Labute approximate surface area is 116 Å². The number of amides is 1. The number of carboxylic acids is 1. The average molecular weight is 310 g/mol. The summed E-state index contributed by atoms with van der Waals surface area (Å²) in [6.45, 7) is 0.377. The van der Waals surface area contributed by atoms with Gasteiger partial charge in [0.1, 0.15) is 6.04 Å². The Morgan fingerprint density at radius 2 is 1.90 bits per heavy atom. The molecule has 1 aliphatic heterocycles. The fourth-order valence-electron chi connectivity index (χ4n) is 1.63. The summed E-state index contributed by atoms with van der Waals surface area (Å²) in [6.07, 6.45) is -0.358. The van der Waals surface area contributed by atoms with E-state index in [1.165, 1.54) is 4.31 Å². The van der Waals surface area contributed by atoms with Crippen LogP contribution in [0.15, 0.2) is 0 Å². The van der Waals surface area contributed by atoms with Gasteiger partial charge in [-0.2, -0.15) is 4.31 Å². The van der Waals surface area contributed by atoms with Crippen molar-refractivity contribution >= 4 is 21.9 Å². The lowest BCUT2D eigenvalue weighted by Gasteiger charge is -2.25. The highest BCUT2D eigenvalue weighted by Crippen LogP contribution is 2.06. The molecule has 1 fully saturated rings. The van der Waals surface area contributed by atoms with Crippen molar-refractivity contribution in [1.29, 1.82) is 0 Å². The van der Waals surface area contributed by atoms with Crippen LogP contribution in [0.2, 0.25) is 0 Å². The van der Waals surface area contributed by atoms with Crippen LogP contribution in [0.3, 0.4) is 0 Å². The number of carbonyl (C=O) groups excluding carboxylic acids is 1. The van der Waals surface area contributed by atoms with Crippen LogP contribution in [0, 0.1) is 0 Å². The number of carbonyl (C=O) groups is 2. The second-order valence-electron chi connectivity index (χ2n) is 4.22. The number of hydrogen-bond donors (Lipinski definition) is 3. The van der Waals surface area contributed by atoms with Gasteiger partial charge in [0.2, 0.25) is 15.9 Å². The number of morpholine rings is 1.